The zero-order valence-corrected chi connectivity index (χ0v) is 9.13. The number of hydrogen-bond acceptors (Lipinski definition) is 2. The lowest BCUT2D eigenvalue weighted by atomic mass is 9.84. The molecule has 2 atom stereocenters. The van der Waals surface area contributed by atoms with E-state index in [-0.39, 0.29) is 5.56 Å². The van der Waals surface area contributed by atoms with Gasteiger partial charge in [-0.1, -0.05) is 11.6 Å². The Kier molecular flexibility index (Phi) is 2.11. The Morgan fingerprint density at radius 3 is 3.13 bits per heavy atom. The largest absolute Gasteiger partial charge is 0.316 e. The molecule has 1 saturated heterocycles. The first-order chi connectivity index (χ1) is 7.24. The van der Waals surface area contributed by atoms with E-state index < -0.39 is 0 Å². The van der Waals surface area contributed by atoms with E-state index in [1.54, 1.807) is 0 Å². The fourth-order valence-electron chi connectivity index (χ4n) is 2.77. The van der Waals surface area contributed by atoms with Crippen LogP contribution in [0, 0.1) is 5.92 Å². The van der Waals surface area contributed by atoms with Gasteiger partial charge in [0, 0.05) is 35.8 Å². The van der Waals surface area contributed by atoms with Crippen LogP contribution in [0.4, 0.5) is 0 Å². The van der Waals surface area contributed by atoms with Crippen LogP contribution in [0.25, 0.3) is 0 Å². The van der Waals surface area contributed by atoms with Gasteiger partial charge in [0.1, 0.15) is 0 Å². The Labute approximate surface area is 93.1 Å². The van der Waals surface area contributed by atoms with Crippen LogP contribution >= 0.6 is 11.6 Å². The number of fused-ring (bicyclic) bond motifs is 4. The number of rotatable bonds is 0. The van der Waals surface area contributed by atoms with E-state index in [1.807, 2.05) is 10.6 Å². The Hall–Kier alpha value is -0.800. The second kappa shape index (κ2) is 3.35. The summed E-state index contributed by atoms with van der Waals surface area (Å²) in [6.45, 7) is 2.84. The number of aromatic nitrogens is 1. The predicted octanol–water partition coefficient (Wildman–Crippen LogP) is 1.21. The molecule has 0 amide bonds. The fraction of sp³-hybridized carbons (Fsp3) is 0.545. The van der Waals surface area contributed by atoms with Crippen molar-refractivity contribution in [2.75, 3.05) is 13.1 Å². The maximum Gasteiger partial charge on any atom is 0.252 e. The van der Waals surface area contributed by atoms with Gasteiger partial charge < -0.3 is 9.88 Å². The van der Waals surface area contributed by atoms with Crippen molar-refractivity contribution >= 4 is 11.6 Å². The lowest BCUT2D eigenvalue weighted by molar-refractivity contribution is 0.257. The van der Waals surface area contributed by atoms with Gasteiger partial charge in [-0.3, -0.25) is 4.79 Å². The molecule has 4 heteroatoms. The van der Waals surface area contributed by atoms with Crippen LogP contribution < -0.4 is 10.9 Å². The second-order valence-corrected chi connectivity index (χ2v) is 4.94. The van der Waals surface area contributed by atoms with Crippen molar-refractivity contribution in [1.29, 1.82) is 0 Å². The average Bonchev–Trinajstić information content (AvgIpc) is 2.21. The minimum Gasteiger partial charge on any atom is -0.316 e. The minimum atomic E-state index is 0.0501. The summed E-state index contributed by atoms with van der Waals surface area (Å²) in [5.41, 5.74) is 1.16. The van der Waals surface area contributed by atoms with E-state index in [0.29, 0.717) is 16.9 Å². The van der Waals surface area contributed by atoms with Gasteiger partial charge >= 0.3 is 0 Å². The van der Waals surface area contributed by atoms with Gasteiger partial charge in [0.05, 0.1) is 0 Å². The first-order valence-corrected chi connectivity index (χ1v) is 5.73. The molecule has 3 nitrogen and oxygen atoms in total. The van der Waals surface area contributed by atoms with Crippen molar-refractivity contribution in [3.8, 4) is 0 Å². The molecule has 80 valence electrons. The molecule has 0 spiro atoms. The van der Waals surface area contributed by atoms with Crippen LogP contribution in [-0.2, 0) is 6.54 Å². The van der Waals surface area contributed by atoms with Gasteiger partial charge in [-0.2, -0.15) is 0 Å². The molecule has 0 saturated carbocycles. The molecule has 3 rings (SSSR count). The summed E-state index contributed by atoms with van der Waals surface area (Å²) in [6, 6.07) is 3.45. The molecule has 15 heavy (non-hydrogen) atoms. The Balaban J connectivity index is 2.17. The van der Waals surface area contributed by atoms with Crippen molar-refractivity contribution in [2.45, 2.75) is 18.9 Å². The van der Waals surface area contributed by atoms with Crippen LogP contribution in [-0.4, -0.2) is 17.7 Å². The highest BCUT2D eigenvalue weighted by Gasteiger charge is 2.30. The molecule has 1 aromatic rings. The number of pyridine rings is 1. The highest BCUT2D eigenvalue weighted by atomic mass is 35.5. The maximum atomic E-state index is 11.8. The summed E-state index contributed by atoms with van der Waals surface area (Å²) in [4.78, 5) is 11.8. The van der Waals surface area contributed by atoms with Crippen molar-refractivity contribution < 1.29 is 0 Å². The number of hydrogen-bond donors (Lipinski definition) is 1. The van der Waals surface area contributed by atoms with Crippen LogP contribution in [0.3, 0.4) is 0 Å². The Morgan fingerprint density at radius 1 is 1.40 bits per heavy atom. The van der Waals surface area contributed by atoms with Crippen LogP contribution in [0.1, 0.15) is 18.0 Å². The van der Waals surface area contributed by atoms with Crippen molar-refractivity contribution in [3.05, 3.63) is 33.2 Å². The quantitative estimate of drug-likeness (QED) is 0.719. The summed E-state index contributed by atoms with van der Waals surface area (Å²) in [5, 5.41) is 3.97. The third kappa shape index (κ3) is 1.50. The molecule has 0 aromatic carbocycles. The van der Waals surface area contributed by atoms with Gasteiger partial charge in [0.2, 0.25) is 0 Å². The number of nitrogens with one attached hydrogen (secondary N) is 1. The van der Waals surface area contributed by atoms with E-state index in [2.05, 4.69) is 5.32 Å². The molecule has 3 heterocycles. The molecule has 1 N–H and O–H groups in total. The Bertz CT molecular complexity index is 454. The van der Waals surface area contributed by atoms with E-state index in [4.69, 9.17) is 11.6 Å². The SMILES string of the molecule is O=c1cc(Cl)cc2n1C[C@@H]1CNC[C@H]2C1. The van der Waals surface area contributed by atoms with Gasteiger partial charge in [0.15, 0.2) is 0 Å². The summed E-state index contributed by atoms with van der Waals surface area (Å²) < 4.78 is 1.89. The number of halogens is 1. The highest BCUT2D eigenvalue weighted by Crippen LogP contribution is 2.32. The summed E-state index contributed by atoms with van der Waals surface area (Å²) in [6.07, 6.45) is 1.19. The number of piperidine rings is 1. The monoisotopic (exact) mass is 224 g/mol. The topological polar surface area (TPSA) is 34.0 Å². The van der Waals surface area contributed by atoms with E-state index >= 15 is 0 Å². The molecule has 0 aliphatic carbocycles. The smallest absolute Gasteiger partial charge is 0.252 e. The fourth-order valence-corrected chi connectivity index (χ4v) is 2.98. The molecule has 0 radical (unpaired) electrons. The molecule has 1 fully saturated rings. The van der Waals surface area contributed by atoms with Gasteiger partial charge in [0.25, 0.3) is 5.56 Å². The second-order valence-electron chi connectivity index (χ2n) is 4.50. The van der Waals surface area contributed by atoms with Crippen molar-refractivity contribution in [3.63, 3.8) is 0 Å². The predicted molar refractivity (Wildman–Crippen MR) is 59.4 cm³/mol. The first kappa shape index (κ1) is 9.43. The zero-order valence-electron chi connectivity index (χ0n) is 8.37. The lowest BCUT2D eigenvalue weighted by Gasteiger charge is -2.37. The normalized spacial score (nSPS) is 28.6. The summed E-state index contributed by atoms with van der Waals surface area (Å²) >= 11 is 5.92. The average molecular weight is 225 g/mol. The summed E-state index contributed by atoms with van der Waals surface area (Å²) in [7, 11) is 0. The molecular formula is C11H13ClN2O. The van der Waals surface area contributed by atoms with Crippen LogP contribution in [0.2, 0.25) is 5.02 Å². The first-order valence-electron chi connectivity index (χ1n) is 5.35. The van der Waals surface area contributed by atoms with Gasteiger partial charge in [-0.25, -0.2) is 0 Å². The van der Waals surface area contributed by atoms with Crippen molar-refractivity contribution in [2.24, 2.45) is 5.92 Å². The Morgan fingerprint density at radius 2 is 2.27 bits per heavy atom. The van der Waals surface area contributed by atoms with Gasteiger partial charge in [-0.15, -0.1) is 0 Å². The number of nitrogens with zero attached hydrogens (tertiary/aromatic N) is 1. The maximum absolute atomic E-state index is 11.8. The van der Waals surface area contributed by atoms with E-state index in [9.17, 15) is 4.79 Å². The highest BCUT2D eigenvalue weighted by molar-refractivity contribution is 6.30. The lowest BCUT2D eigenvalue weighted by Crippen LogP contribution is -2.44. The molecule has 2 bridgehead atoms. The third-order valence-corrected chi connectivity index (χ3v) is 3.64. The molecule has 2 aliphatic rings. The van der Waals surface area contributed by atoms with E-state index in [0.717, 1.165) is 25.3 Å². The molecule has 1 aromatic heterocycles. The van der Waals surface area contributed by atoms with Gasteiger partial charge in [-0.05, 0) is 24.9 Å². The minimum absolute atomic E-state index is 0.0501. The summed E-state index contributed by atoms with van der Waals surface area (Å²) in [5.74, 6) is 1.07. The standard InChI is InChI=1S/C11H13ClN2O/c12-9-2-10-8-1-7(4-13-5-8)6-14(10)11(15)3-9/h2-3,7-8,13H,1,4-6H2/t7-,8+/m0/s1. The third-order valence-electron chi connectivity index (χ3n) is 3.43. The molecule has 0 unspecified atom stereocenters. The van der Waals surface area contributed by atoms with Crippen LogP contribution in [0.5, 0.6) is 0 Å². The van der Waals surface area contributed by atoms with Crippen LogP contribution in [0.15, 0.2) is 16.9 Å². The zero-order chi connectivity index (χ0) is 10.4. The molecular weight excluding hydrogens is 212 g/mol. The van der Waals surface area contributed by atoms with E-state index in [1.165, 1.54) is 12.5 Å². The van der Waals surface area contributed by atoms with Crippen molar-refractivity contribution in [1.82, 2.24) is 9.88 Å². The molecule has 2 aliphatic heterocycles.